The third kappa shape index (κ3) is 2.87. The van der Waals surface area contributed by atoms with Gasteiger partial charge < -0.3 is 4.74 Å². The Hall–Kier alpha value is -2.23. The summed E-state index contributed by atoms with van der Waals surface area (Å²) in [5.74, 6) is -0.312. The van der Waals surface area contributed by atoms with Crippen LogP contribution in [0.15, 0.2) is 49.1 Å². The van der Waals surface area contributed by atoms with Gasteiger partial charge in [0.25, 0.3) is 0 Å². The van der Waals surface area contributed by atoms with E-state index in [4.69, 9.17) is 0 Å². The van der Waals surface area contributed by atoms with Crippen LogP contribution < -0.4 is 4.57 Å². The quantitative estimate of drug-likeness (QED) is 0.587. The summed E-state index contributed by atoms with van der Waals surface area (Å²) in [6.07, 6.45) is 7.27. The number of carbonyl (C=O) groups excluding carboxylic acids is 1. The highest BCUT2D eigenvalue weighted by molar-refractivity contribution is 5.89. The van der Waals surface area contributed by atoms with Crippen molar-refractivity contribution in [2.45, 2.75) is 6.54 Å². The average molecular weight is 229 g/mol. The van der Waals surface area contributed by atoms with Gasteiger partial charge in [0.1, 0.15) is 0 Å². The van der Waals surface area contributed by atoms with Gasteiger partial charge in [0.15, 0.2) is 18.9 Å². The lowest BCUT2D eigenvalue weighted by molar-refractivity contribution is -0.688. The van der Waals surface area contributed by atoms with E-state index in [1.54, 1.807) is 24.5 Å². The van der Waals surface area contributed by atoms with Crippen molar-refractivity contribution in [1.29, 1.82) is 0 Å². The van der Waals surface area contributed by atoms with Crippen LogP contribution in [0.1, 0.15) is 15.9 Å². The van der Waals surface area contributed by atoms with Crippen molar-refractivity contribution in [1.82, 2.24) is 4.98 Å². The van der Waals surface area contributed by atoms with E-state index in [0.29, 0.717) is 5.56 Å². The molecule has 86 valence electrons. The zero-order chi connectivity index (χ0) is 12.1. The fourth-order valence-electron chi connectivity index (χ4n) is 1.53. The number of carbonyl (C=O) groups is 1. The van der Waals surface area contributed by atoms with Gasteiger partial charge in [-0.1, -0.05) is 12.1 Å². The molecule has 0 aliphatic heterocycles. The van der Waals surface area contributed by atoms with Gasteiger partial charge in [-0.15, -0.1) is 0 Å². The maximum absolute atomic E-state index is 11.2. The minimum Gasteiger partial charge on any atom is -0.465 e. The molecule has 0 spiro atoms. The predicted octanol–water partition coefficient (Wildman–Crippen LogP) is 1.20. The van der Waals surface area contributed by atoms with Gasteiger partial charge in [0.05, 0.1) is 25.1 Å². The first-order valence-electron chi connectivity index (χ1n) is 5.26. The summed E-state index contributed by atoms with van der Waals surface area (Å²) in [6, 6.07) is 7.37. The molecule has 0 saturated carbocycles. The molecular weight excluding hydrogens is 216 g/mol. The Kier molecular flexibility index (Phi) is 3.45. The van der Waals surface area contributed by atoms with E-state index in [2.05, 4.69) is 9.72 Å². The van der Waals surface area contributed by atoms with Crippen LogP contribution >= 0.6 is 0 Å². The monoisotopic (exact) mass is 229 g/mol. The Morgan fingerprint density at radius 1 is 1.24 bits per heavy atom. The van der Waals surface area contributed by atoms with Gasteiger partial charge in [-0.25, -0.2) is 4.79 Å². The summed E-state index contributed by atoms with van der Waals surface area (Å²) in [6.45, 7) is 0.754. The topological polar surface area (TPSA) is 43.1 Å². The molecule has 0 amide bonds. The molecule has 0 fully saturated rings. The van der Waals surface area contributed by atoms with E-state index in [1.165, 1.54) is 7.11 Å². The smallest absolute Gasteiger partial charge is 0.337 e. The van der Waals surface area contributed by atoms with E-state index in [0.717, 1.165) is 12.1 Å². The number of ether oxygens (including phenoxy) is 1. The van der Waals surface area contributed by atoms with Crippen LogP contribution in [-0.4, -0.2) is 18.1 Å². The fraction of sp³-hybridized carbons (Fsp3) is 0.154. The Labute approximate surface area is 99.5 Å². The van der Waals surface area contributed by atoms with Gasteiger partial charge in [0.2, 0.25) is 0 Å². The fourth-order valence-corrected chi connectivity index (χ4v) is 1.53. The number of nitrogens with zero attached hydrogens (tertiary/aromatic N) is 2. The Morgan fingerprint density at radius 3 is 2.47 bits per heavy atom. The van der Waals surface area contributed by atoms with E-state index >= 15 is 0 Å². The first-order chi connectivity index (χ1) is 8.29. The van der Waals surface area contributed by atoms with Crippen LogP contribution in [0.25, 0.3) is 0 Å². The van der Waals surface area contributed by atoms with Crippen LogP contribution in [0.3, 0.4) is 0 Å². The number of methoxy groups -OCH3 is 1. The molecule has 0 aliphatic rings. The third-order valence-electron chi connectivity index (χ3n) is 2.43. The Balaban J connectivity index is 2.11. The number of rotatable bonds is 3. The van der Waals surface area contributed by atoms with Crippen molar-refractivity contribution in [2.75, 3.05) is 7.11 Å². The van der Waals surface area contributed by atoms with E-state index in [1.807, 2.05) is 29.1 Å². The van der Waals surface area contributed by atoms with Crippen molar-refractivity contribution in [2.24, 2.45) is 0 Å². The summed E-state index contributed by atoms with van der Waals surface area (Å²) in [5, 5.41) is 0. The highest BCUT2D eigenvalue weighted by atomic mass is 16.5. The van der Waals surface area contributed by atoms with Crippen molar-refractivity contribution in [3.8, 4) is 0 Å². The molecule has 2 rings (SSSR count). The minimum absolute atomic E-state index is 0.312. The number of aromatic nitrogens is 2. The van der Waals surface area contributed by atoms with Crippen molar-refractivity contribution >= 4 is 5.97 Å². The Morgan fingerprint density at radius 2 is 1.88 bits per heavy atom. The standard InChI is InChI=1S/C13H13N2O2/c1-17-13(16)12-4-2-11(3-5-12)10-15-8-6-14-7-9-15/h2-9H,10H2,1H3/q+1. The molecule has 2 aromatic rings. The molecular formula is C13H13N2O2+. The van der Waals surface area contributed by atoms with Crippen LogP contribution in [-0.2, 0) is 11.3 Å². The van der Waals surface area contributed by atoms with Crippen molar-refractivity contribution in [3.63, 3.8) is 0 Å². The first-order valence-corrected chi connectivity index (χ1v) is 5.26. The Bertz CT molecular complexity index is 495. The van der Waals surface area contributed by atoms with Crippen LogP contribution in [0.4, 0.5) is 0 Å². The predicted molar refractivity (Wildman–Crippen MR) is 61.3 cm³/mol. The molecule has 1 heterocycles. The van der Waals surface area contributed by atoms with Gasteiger partial charge in [0, 0.05) is 5.56 Å². The second kappa shape index (κ2) is 5.21. The minimum atomic E-state index is -0.312. The van der Waals surface area contributed by atoms with E-state index < -0.39 is 0 Å². The highest BCUT2D eigenvalue weighted by Crippen LogP contribution is 2.05. The molecule has 0 aliphatic carbocycles. The lowest BCUT2D eigenvalue weighted by Crippen LogP contribution is -2.33. The van der Waals surface area contributed by atoms with Crippen molar-refractivity contribution in [3.05, 3.63) is 60.2 Å². The highest BCUT2D eigenvalue weighted by Gasteiger charge is 2.06. The second-order valence-corrected chi connectivity index (χ2v) is 3.61. The molecule has 0 unspecified atom stereocenters. The molecule has 0 N–H and O–H groups in total. The first kappa shape index (κ1) is 11.3. The van der Waals surface area contributed by atoms with Crippen LogP contribution in [0.5, 0.6) is 0 Å². The van der Waals surface area contributed by atoms with Crippen LogP contribution in [0.2, 0.25) is 0 Å². The maximum atomic E-state index is 11.2. The zero-order valence-electron chi connectivity index (χ0n) is 9.54. The molecule has 4 heteroatoms. The lowest BCUT2D eigenvalue weighted by Gasteiger charge is -2.00. The summed E-state index contributed by atoms with van der Waals surface area (Å²) in [5.41, 5.74) is 1.69. The molecule has 0 saturated heterocycles. The average Bonchev–Trinajstić information content (AvgIpc) is 2.40. The van der Waals surface area contributed by atoms with Gasteiger partial charge >= 0.3 is 5.97 Å². The normalized spacial score (nSPS) is 9.94. The SMILES string of the molecule is COC(=O)c1ccc(C[n+]2ccncc2)cc1. The second-order valence-electron chi connectivity index (χ2n) is 3.61. The van der Waals surface area contributed by atoms with Crippen molar-refractivity contribution < 1.29 is 14.1 Å². The van der Waals surface area contributed by atoms with Gasteiger partial charge in [-0.3, -0.25) is 4.98 Å². The number of hydrogen-bond acceptors (Lipinski definition) is 3. The molecule has 4 nitrogen and oxygen atoms in total. The summed E-state index contributed by atoms with van der Waals surface area (Å²) in [7, 11) is 1.38. The third-order valence-corrected chi connectivity index (χ3v) is 2.43. The summed E-state index contributed by atoms with van der Waals surface area (Å²) < 4.78 is 6.66. The van der Waals surface area contributed by atoms with Gasteiger partial charge in [-0.2, -0.15) is 4.57 Å². The molecule has 1 aromatic heterocycles. The van der Waals surface area contributed by atoms with Gasteiger partial charge in [-0.05, 0) is 12.1 Å². The number of esters is 1. The zero-order valence-corrected chi connectivity index (χ0v) is 9.54. The molecule has 0 bridgehead atoms. The lowest BCUT2D eigenvalue weighted by atomic mass is 10.1. The molecule has 0 atom stereocenters. The van der Waals surface area contributed by atoms with E-state index in [9.17, 15) is 4.79 Å². The molecule has 0 radical (unpaired) electrons. The number of benzene rings is 1. The largest absolute Gasteiger partial charge is 0.465 e. The summed E-state index contributed by atoms with van der Waals surface area (Å²) in [4.78, 5) is 15.2. The summed E-state index contributed by atoms with van der Waals surface area (Å²) >= 11 is 0. The molecule has 1 aromatic carbocycles. The van der Waals surface area contributed by atoms with Crippen LogP contribution in [0, 0.1) is 0 Å². The van der Waals surface area contributed by atoms with E-state index in [-0.39, 0.29) is 5.97 Å². The maximum Gasteiger partial charge on any atom is 0.337 e. The molecule has 17 heavy (non-hydrogen) atoms. The number of hydrogen-bond donors (Lipinski definition) is 0.